The number of nitrogens with zero attached hydrogens (tertiary/aromatic N) is 2. The van der Waals surface area contributed by atoms with Gasteiger partial charge in [0.15, 0.2) is 0 Å². The molecule has 0 aliphatic carbocycles. The van der Waals surface area contributed by atoms with Crippen molar-refractivity contribution in [3.05, 3.63) is 5.01 Å². The number of carbonyl (C=O) groups excluding carboxylic acids is 1. The molecule has 84 valence electrons. The van der Waals surface area contributed by atoms with E-state index in [0.717, 1.165) is 0 Å². The number of aromatic nitrogens is 2. The van der Waals surface area contributed by atoms with Crippen molar-refractivity contribution < 1.29 is 18.0 Å². The molecule has 0 aromatic carbocycles. The average molecular weight is 240 g/mol. The van der Waals surface area contributed by atoms with Gasteiger partial charge in [-0.15, -0.1) is 10.2 Å². The average Bonchev–Trinajstić information content (AvgIpc) is 2.52. The lowest BCUT2D eigenvalue weighted by Gasteiger charge is -1.98. The van der Waals surface area contributed by atoms with Crippen LogP contribution in [0, 0.1) is 0 Å². The Morgan fingerprint density at radius 2 is 2.13 bits per heavy atom. The summed E-state index contributed by atoms with van der Waals surface area (Å²) in [5.41, 5.74) is 5.08. The van der Waals surface area contributed by atoms with Gasteiger partial charge in [0.05, 0.1) is 0 Å². The van der Waals surface area contributed by atoms with Crippen molar-refractivity contribution in [2.45, 2.75) is 12.6 Å². The SMILES string of the molecule is NCCC(=O)Nc1nnc(C(F)(F)F)s1. The molecule has 0 saturated heterocycles. The second-order valence-corrected chi connectivity index (χ2v) is 3.47. The number of amides is 1. The van der Waals surface area contributed by atoms with E-state index in [1.165, 1.54) is 0 Å². The van der Waals surface area contributed by atoms with Gasteiger partial charge in [-0.3, -0.25) is 4.79 Å². The first-order chi connectivity index (χ1) is 6.93. The van der Waals surface area contributed by atoms with E-state index in [-0.39, 0.29) is 29.4 Å². The molecule has 15 heavy (non-hydrogen) atoms. The molecule has 0 radical (unpaired) electrons. The maximum atomic E-state index is 12.1. The molecule has 1 heterocycles. The summed E-state index contributed by atoms with van der Waals surface area (Å²) in [6, 6.07) is 0. The van der Waals surface area contributed by atoms with Crippen LogP contribution >= 0.6 is 11.3 Å². The number of nitrogens with one attached hydrogen (secondary N) is 1. The number of halogens is 3. The predicted octanol–water partition coefficient (Wildman–Crippen LogP) is 0.844. The Bertz CT molecular complexity index is 350. The maximum Gasteiger partial charge on any atom is 0.445 e. The minimum atomic E-state index is -4.53. The van der Waals surface area contributed by atoms with Crippen molar-refractivity contribution in [3.8, 4) is 0 Å². The molecule has 0 saturated carbocycles. The number of hydrogen-bond donors (Lipinski definition) is 2. The summed E-state index contributed by atoms with van der Waals surface area (Å²) < 4.78 is 36.2. The monoisotopic (exact) mass is 240 g/mol. The summed E-state index contributed by atoms with van der Waals surface area (Å²) in [6.45, 7) is 0.122. The van der Waals surface area contributed by atoms with Crippen LogP contribution in [0.15, 0.2) is 0 Å². The third-order valence-corrected chi connectivity index (χ3v) is 2.17. The van der Waals surface area contributed by atoms with Crippen molar-refractivity contribution in [3.63, 3.8) is 0 Å². The first-order valence-corrected chi connectivity index (χ1v) is 4.65. The molecule has 0 aliphatic rings. The van der Waals surface area contributed by atoms with Crippen LogP contribution in [0.2, 0.25) is 0 Å². The number of anilines is 1. The molecule has 0 atom stereocenters. The van der Waals surface area contributed by atoms with Crippen LogP contribution in [0.4, 0.5) is 18.3 Å². The van der Waals surface area contributed by atoms with Crippen LogP contribution < -0.4 is 11.1 Å². The Labute approximate surface area is 86.5 Å². The summed E-state index contributed by atoms with van der Waals surface area (Å²) in [6.07, 6.45) is -4.50. The first-order valence-electron chi connectivity index (χ1n) is 3.84. The van der Waals surface area contributed by atoms with Crippen molar-refractivity contribution in [1.29, 1.82) is 0 Å². The first kappa shape index (κ1) is 11.9. The molecule has 1 amide bonds. The van der Waals surface area contributed by atoms with Crippen LogP contribution in [0.1, 0.15) is 11.4 Å². The summed E-state index contributed by atoms with van der Waals surface area (Å²) in [5, 5.41) is 6.97. The lowest BCUT2D eigenvalue weighted by atomic mass is 10.4. The zero-order valence-electron chi connectivity index (χ0n) is 7.34. The molecule has 1 aromatic heterocycles. The van der Waals surface area contributed by atoms with E-state index in [1.54, 1.807) is 0 Å². The van der Waals surface area contributed by atoms with E-state index in [0.29, 0.717) is 0 Å². The fourth-order valence-electron chi connectivity index (χ4n) is 0.701. The molecule has 0 bridgehead atoms. The number of alkyl halides is 3. The Hall–Kier alpha value is -1.22. The molecule has 0 aliphatic heterocycles. The van der Waals surface area contributed by atoms with Crippen LogP contribution in [-0.4, -0.2) is 22.6 Å². The Kier molecular flexibility index (Phi) is 3.58. The van der Waals surface area contributed by atoms with Gasteiger partial charge >= 0.3 is 6.18 Å². The standard InChI is InChI=1S/C6H7F3N4OS/c7-6(8,9)4-12-13-5(15-4)11-3(14)1-2-10/h1-2,10H2,(H,11,13,14). The topological polar surface area (TPSA) is 80.9 Å². The van der Waals surface area contributed by atoms with Crippen LogP contribution in [0.5, 0.6) is 0 Å². The van der Waals surface area contributed by atoms with Crippen LogP contribution in [-0.2, 0) is 11.0 Å². The zero-order chi connectivity index (χ0) is 11.5. The molecule has 1 aromatic rings. The maximum absolute atomic E-state index is 12.1. The third-order valence-electron chi connectivity index (χ3n) is 1.29. The summed E-state index contributed by atoms with van der Waals surface area (Å²) >= 11 is 0.274. The normalized spacial score (nSPS) is 11.5. The van der Waals surface area contributed by atoms with Crippen molar-refractivity contribution in [2.24, 2.45) is 5.73 Å². The summed E-state index contributed by atoms with van der Waals surface area (Å²) in [5.74, 6) is -0.484. The second-order valence-electron chi connectivity index (χ2n) is 2.50. The van der Waals surface area contributed by atoms with Gasteiger partial charge in [0, 0.05) is 13.0 Å². The highest BCUT2D eigenvalue weighted by Crippen LogP contribution is 2.32. The van der Waals surface area contributed by atoms with Crippen LogP contribution in [0.25, 0.3) is 0 Å². The quantitative estimate of drug-likeness (QED) is 0.820. The van der Waals surface area contributed by atoms with Gasteiger partial charge in [-0.1, -0.05) is 11.3 Å². The van der Waals surface area contributed by atoms with Crippen molar-refractivity contribution in [1.82, 2.24) is 10.2 Å². The highest BCUT2D eigenvalue weighted by Gasteiger charge is 2.35. The molecule has 0 fully saturated rings. The lowest BCUT2D eigenvalue weighted by Crippen LogP contribution is -2.15. The lowest BCUT2D eigenvalue weighted by molar-refractivity contribution is -0.138. The fourth-order valence-corrected chi connectivity index (χ4v) is 1.33. The van der Waals surface area contributed by atoms with Gasteiger partial charge < -0.3 is 11.1 Å². The largest absolute Gasteiger partial charge is 0.445 e. The molecular formula is C6H7F3N4OS. The highest BCUT2D eigenvalue weighted by atomic mass is 32.1. The molecule has 5 nitrogen and oxygen atoms in total. The van der Waals surface area contributed by atoms with Gasteiger partial charge in [0.1, 0.15) is 0 Å². The van der Waals surface area contributed by atoms with Gasteiger partial charge in [0.2, 0.25) is 16.0 Å². The second kappa shape index (κ2) is 4.53. The van der Waals surface area contributed by atoms with Gasteiger partial charge in [-0.25, -0.2) is 0 Å². The third kappa shape index (κ3) is 3.44. The Morgan fingerprint density at radius 3 is 2.60 bits per heavy atom. The number of carbonyl (C=O) groups is 1. The molecule has 1 rings (SSSR count). The minimum Gasteiger partial charge on any atom is -0.330 e. The number of rotatable bonds is 3. The van der Waals surface area contributed by atoms with E-state index in [9.17, 15) is 18.0 Å². The van der Waals surface area contributed by atoms with E-state index >= 15 is 0 Å². The summed E-state index contributed by atoms with van der Waals surface area (Å²) in [7, 11) is 0. The number of hydrogen-bond acceptors (Lipinski definition) is 5. The highest BCUT2D eigenvalue weighted by molar-refractivity contribution is 7.15. The van der Waals surface area contributed by atoms with E-state index < -0.39 is 17.1 Å². The van der Waals surface area contributed by atoms with E-state index in [2.05, 4.69) is 15.5 Å². The van der Waals surface area contributed by atoms with Gasteiger partial charge in [-0.05, 0) is 0 Å². The zero-order valence-corrected chi connectivity index (χ0v) is 8.15. The smallest absolute Gasteiger partial charge is 0.330 e. The molecule has 9 heteroatoms. The van der Waals surface area contributed by atoms with Gasteiger partial charge in [-0.2, -0.15) is 13.2 Å². The molecule has 0 spiro atoms. The number of nitrogens with two attached hydrogens (primary N) is 1. The Morgan fingerprint density at radius 1 is 1.47 bits per heavy atom. The predicted molar refractivity (Wildman–Crippen MR) is 47.2 cm³/mol. The van der Waals surface area contributed by atoms with E-state index in [4.69, 9.17) is 5.73 Å². The molecular weight excluding hydrogens is 233 g/mol. The minimum absolute atomic E-state index is 0.0287. The van der Waals surface area contributed by atoms with E-state index in [1.807, 2.05) is 0 Å². The van der Waals surface area contributed by atoms with Crippen molar-refractivity contribution in [2.75, 3.05) is 11.9 Å². The van der Waals surface area contributed by atoms with Crippen LogP contribution in [0.3, 0.4) is 0 Å². The Balaban J connectivity index is 2.65. The molecule has 0 unspecified atom stereocenters. The summed E-state index contributed by atoms with van der Waals surface area (Å²) in [4.78, 5) is 10.9. The van der Waals surface area contributed by atoms with Gasteiger partial charge in [0.25, 0.3) is 0 Å². The fraction of sp³-hybridized carbons (Fsp3) is 0.500. The van der Waals surface area contributed by atoms with Crippen molar-refractivity contribution >= 4 is 22.4 Å². The molecule has 3 N–H and O–H groups in total.